The molecule has 1 heterocycles. The monoisotopic (exact) mass is 403 g/mol. The van der Waals surface area contributed by atoms with Crippen LogP contribution in [0.2, 0.25) is 0 Å². The summed E-state index contributed by atoms with van der Waals surface area (Å²) in [6.07, 6.45) is 1.55. The van der Waals surface area contributed by atoms with Crippen LogP contribution < -0.4 is 15.4 Å². The Bertz CT molecular complexity index is 735. The second-order valence-corrected chi connectivity index (χ2v) is 7.23. The Labute approximate surface area is 171 Å². The van der Waals surface area contributed by atoms with Gasteiger partial charge in [0.1, 0.15) is 18.4 Å². The normalized spacial score (nSPS) is 16.8. The third-order valence-electron chi connectivity index (χ3n) is 4.21. The average molecular weight is 403 g/mol. The van der Waals surface area contributed by atoms with E-state index in [1.54, 1.807) is 35.2 Å². The van der Waals surface area contributed by atoms with Crippen LogP contribution in [-0.2, 0) is 19.1 Å². The van der Waals surface area contributed by atoms with Gasteiger partial charge in [-0.05, 0) is 18.1 Å². The molecule has 1 aliphatic rings. The lowest BCUT2D eigenvalue weighted by Gasteiger charge is -2.33. The van der Waals surface area contributed by atoms with Crippen molar-refractivity contribution in [1.29, 1.82) is 0 Å². The second-order valence-electron chi connectivity index (χ2n) is 7.23. The maximum atomic E-state index is 12.5. The molecule has 8 nitrogen and oxygen atoms in total. The van der Waals surface area contributed by atoms with Gasteiger partial charge in [-0.15, -0.1) is 0 Å². The second kappa shape index (κ2) is 11.2. The molecule has 1 fully saturated rings. The van der Waals surface area contributed by atoms with Crippen molar-refractivity contribution in [3.63, 3.8) is 0 Å². The van der Waals surface area contributed by atoms with Crippen molar-refractivity contribution < 1.29 is 23.9 Å². The highest BCUT2D eigenvalue weighted by Crippen LogP contribution is 2.18. The van der Waals surface area contributed by atoms with Gasteiger partial charge in [0.2, 0.25) is 11.8 Å². The number of rotatable bonds is 10. The number of esters is 1. The zero-order chi connectivity index (χ0) is 21.2. The number of ether oxygens (including phenoxy) is 2. The van der Waals surface area contributed by atoms with Gasteiger partial charge in [-0.1, -0.05) is 32.6 Å². The number of piperazine rings is 1. The fourth-order valence-electron chi connectivity index (χ4n) is 2.85. The Morgan fingerprint density at radius 3 is 2.93 bits per heavy atom. The van der Waals surface area contributed by atoms with Gasteiger partial charge in [0.25, 0.3) is 0 Å². The van der Waals surface area contributed by atoms with Gasteiger partial charge in [0.15, 0.2) is 0 Å². The van der Waals surface area contributed by atoms with Gasteiger partial charge < -0.3 is 20.1 Å². The van der Waals surface area contributed by atoms with E-state index < -0.39 is 12.0 Å². The highest BCUT2D eigenvalue weighted by atomic mass is 16.5. The number of nitrogens with zero attached hydrogens (tertiary/aromatic N) is 1. The Morgan fingerprint density at radius 1 is 1.41 bits per heavy atom. The Kier molecular flexibility index (Phi) is 8.67. The van der Waals surface area contributed by atoms with E-state index in [4.69, 9.17) is 9.47 Å². The number of carbonyl (C=O) groups is 3. The van der Waals surface area contributed by atoms with E-state index >= 15 is 0 Å². The van der Waals surface area contributed by atoms with E-state index in [2.05, 4.69) is 17.2 Å². The lowest BCUT2D eigenvalue weighted by Crippen LogP contribution is -2.57. The summed E-state index contributed by atoms with van der Waals surface area (Å²) in [6.45, 7) is 9.05. The summed E-state index contributed by atoms with van der Waals surface area (Å²) < 4.78 is 10.6. The molecular weight excluding hydrogens is 374 g/mol. The molecule has 0 saturated carbocycles. The largest absolute Gasteiger partial charge is 0.489 e. The first-order valence-electron chi connectivity index (χ1n) is 9.70. The molecule has 0 bridgehead atoms. The molecule has 1 saturated heterocycles. The quantitative estimate of drug-likeness (QED) is 0.455. The number of amides is 2. The minimum absolute atomic E-state index is 0.00666. The summed E-state index contributed by atoms with van der Waals surface area (Å²) >= 11 is 0. The highest BCUT2D eigenvalue weighted by molar-refractivity contribution is 5.93. The molecular formula is C21H29N3O5. The number of carbonyl (C=O) groups excluding carboxylic acids is 3. The first kappa shape index (κ1) is 22.4. The van der Waals surface area contributed by atoms with Crippen molar-refractivity contribution in [3.05, 3.63) is 36.9 Å². The van der Waals surface area contributed by atoms with Crippen molar-refractivity contribution in [1.82, 2.24) is 10.2 Å². The van der Waals surface area contributed by atoms with Crippen LogP contribution in [-0.4, -0.2) is 61.6 Å². The van der Waals surface area contributed by atoms with Crippen LogP contribution in [0.5, 0.6) is 5.75 Å². The molecule has 8 heteroatoms. The zero-order valence-electron chi connectivity index (χ0n) is 17.0. The van der Waals surface area contributed by atoms with Gasteiger partial charge in [-0.3, -0.25) is 19.3 Å². The topological polar surface area (TPSA) is 97.0 Å². The van der Waals surface area contributed by atoms with E-state index in [0.29, 0.717) is 37.7 Å². The van der Waals surface area contributed by atoms with Crippen molar-refractivity contribution in [2.45, 2.75) is 26.3 Å². The van der Waals surface area contributed by atoms with Crippen LogP contribution in [0.1, 0.15) is 20.3 Å². The molecule has 1 atom stereocenters. The minimum Gasteiger partial charge on any atom is -0.489 e. The molecule has 0 radical (unpaired) electrons. The van der Waals surface area contributed by atoms with Crippen molar-refractivity contribution >= 4 is 23.5 Å². The smallest absolute Gasteiger partial charge is 0.307 e. The number of anilines is 1. The lowest BCUT2D eigenvalue weighted by molar-refractivity contribution is -0.149. The Hall–Kier alpha value is -2.87. The predicted octanol–water partition coefficient (Wildman–Crippen LogP) is 1.58. The third kappa shape index (κ3) is 7.57. The fourth-order valence-corrected chi connectivity index (χ4v) is 2.85. The number of nitrogens with one attached hydrogen (secondary N) is 2. The van der Waals surface area contributed by atoms with Gasteiger partial charge >= 0.3 is 5.97 Å². The van der Waals surface area contributed by atoms with Crippen LogP contribution in [0.15, 0.2) is 36.9 Å². The van der Waals surface area contributed by atoms with E-state index in [1.165, 1.54) is 0 Å². The fraction of sp³-hybridized carbons (Fsp3) is 0.476. The molecule has 0 spiro atoms. The summed E-state index contributed by atoms with van der Waals surface area (Å²) in [7, 11) is 0. The van der Waals surface area contributed by atoms with E-state index in [1.807, 2.05) is 13.8 Å². The molecule has 2 amide bonds. The first-order chi connectivity index (χ1) is 13.9. The molecule has 29 heavy (non-hydrogen) atoms. The molecule has 1 aliphatic heterocycles. The first-order valence-corrected chi connectivity index (χ1v) is 9.70. The third-order valence-corrected chi connectivity index (χ3v) is 4.21. The van der Waals surface area contributed by atoms with E-state index in [0.717, 1.165) is 0 Å². The maximum Gasteiger partial charge on any atom is 0.307 e. The molecule has 2 rings (SSSR count). The van der Waals surface area contributed by atoms with Gasteiger partial charge in [-0.25, -0.2) is 0 Å². The van der Waals surface area contributed by atoms with Crippen LogP contribution >= 0.6 is 0 Å². The predicted molar refractivity (Wildman–Crippen MR) is 110 cm³/mol. The SMILES string of the molecule is C=CCOc1cccc(NC(=O)CN2CCNC(=O)C2CC(=O)OCC(C)C)c1. The van der Waals surface area contributed by atoms with Crippen LogP contribution in [0.25, 0.3) is 0 Å². The minimum atomic E-state index is -0.726. The lowest BCUT2D eigenvalue weighted by atomic mass is 10.1. The van der Waals surface area contributed by atoms with Crippen molar-refractivity contribution in [3.8, 4) is 5.75 Å². The summed E-state index contributed by atoms with van der Waals surface area (Å²) in [5.74, 6) is -0.164. The number of hydrogen-bond donors (Lipinski definition) is 2. The molecule has 0 aliphatic carbocycles. The summed E-state index contributed by atoms with van der Waals surface area (Å²) in [5, 5.41) is 5.54. The summed E-state index contributed by atoms with van der Waals surface area (Å²) in [6, 6.07) is 6.30. The molecule has 1 unspecified atom stereocenters. The highest BCUT2D eigenvalue weighted by Gasteiger charge is 2.33. The van der Waals surface area contributed by atoms with E-state index in [9.17, 15) is 14.4 Å². The van der Waals surface area contributed by atoms with Gasteiger partial charge in [-0.2, -0.15) is 0 Å². The standard InChI is InChI=1S/C21H29N3O5/c1-4-10-28-17-7-5-6-16(11-17)23-19(25)13-24-9-8-22-21(27)18(24)12-20(26)29-14-15(2)3/h4-7,11,15,18H,1,8-10,12-14H2,2-3H3,(H,22,27)(H,23,25). The van der Waals surface area contributed by atoms with Gasteiger partial charge in [0, 0.05) is 24.8 Å². The number of hydrogen-bond acceptors (Lipinski definition) is 6. The van der Waals surface area contributed by atoms with Crippen LogP contribution in [0.4, 0.5) is 5.69 Å². The van der Waals surface area contributed by atoms with Crippen LogP contribution in [0.3, 0.4) is 0 Å². The zero-order valence-corrected chi connectivity index (χ0v) is 17.0. The molecule has 0 aromatic heterocycles. The molecule has 1 aromatic rings. The van der Waals surface area contributed by atoms with Crippen LogP contribution in [0, 0.1) is 5.92 Å². The van der Waals surface area contributed by atoms with Gasteiger partial charge in [0.05, 0.1) is 19.6 Å². The summed E-state index contributed by atoms with van der Waals surface area (Å²) in [4.78, 5) is 38.5. The van der Waals surface area contributed by atoms with Crippen molar-refractivity contribution in [2.24, 2.45) is 5.92 Å². The molecule has 1 aromatic carbocycles. The Morgan fingerprint density at radius 2 is 2.21 bits per heavy atom. The van der Waals surface area contributed by atoms with E-state index in [-0.39, 0.29) is 30.7 Å². The molecule has 2 N–H and O–H groups in total. The van der Waals surface area contributed by atoms with Crippen molar-refractivity contribution in [2.75, 3.05) is 38.2 Å². The number of benzene rings is 1. The molecule has 158 valence electrons. The average Bonchev–Trinajstić information content (AvgIpc) is 2.67. The Balaban J connectivity index is 1.94. The maximum absolute atomic E-state index is 12.5. The summed E-state index contributed by atoms with van der Waals surface area (Å²) in [5.41, 5.74) is 0.589.